The van der Waals surface area contributed by atoms with Crippen LogP contribution < -0.4 is 5.73 Å². The molecule has 0 aliphatic carbocycles. The van der Waals surface area contributed by atoms with Crippen LogP contribution in [0.2, 0.25) is 0 Å². The predicted octanol–water partition coefficient (Wildman–Crippen LogP) is 4.71. The highest BCUT2D eigenvalue weighted by Gasteiger charge is 2.01. The summed E-state index contributed by atoms with van der Waals surface area (Å²) in [6.45, 7) is 0. The van der Waals surface area contributed by atoms with Crippen LogP contribution in [0, 0.1) is 0 Å². The zero-order chi connectivity index (χ0) is 13.1. The highest BCUT2D eigenvalue weighted by molar-refractivity contribution is 7.98. The number of para-hydroxylation sites is 1. The maximum atomic E-state index is 5.96. The fraction of sp³-hybridized carbons (Fsp3) is 0.0588. The van der Waals surface area contributed by atoms with Crippen LogP contribution in [0.25, 0.3) is 10.8 Å². The van der Waals surface area contributed by atoms with E-state index in [0.717, 1.165) is 11.4 Å². The third-order valence-corrected chi connectivity index (χ3v) is 4.21. The summed E-state index contributed by atoms with van der Waals surface area (Å²) in [6, 6.07) is 23.1. The van der Waals surface area contributed by atoms with E-state index >= 15 is 0 Å². The number of nitrogens with two attached hydrogens (primary N) is 1. The number of hydrogen-bond acceptors (Lipinski definition) is 2. The fourth-order valence-electron chi connectivity index (χ4n) is 2.08. The van der Waals surface area contributed by atoms with Crippen molar-refractivity contribution >= 4 is 28.2 Å². The van der Waals surface area contributed by atoms with E-state index in [2.05, 4.69) is 48.5 Å². The van der Waals surface area contributed by atoms with Crippen LogP contribution in [0.15, 0.2) is 71.6 Å². The van der Waals surface area contributed by atoms with Crippen molar-refractivity contribution in [3.05, 3.63) is 72.3 Å². The SMILES string of the molecule is Nc1ccccc1CSc1ccc2ccccc2c1. The summed E-state index contributed by atoms with van der Waals surface area (Å²) in [4.78, 5) is 1.28. The van der Waals surface area contributed by atoms with Gasteiger partial charge >= 0.3 is 0 Å². The molecule has 2 N–H and O–H groups in total. The molecule has 0 saturated carbocycles. The lowest BCUT2D eigenvalue weighted by Crippen LogP contribution is -1.91. The Kier molecular flexibility index (Phi) is 3.43. The zero-order valence-electron chi connectivity index (χ0n) is 10.5. The zero-order valence-corrected chi connectivity index (χ0v) is 11.4. The number of hydrogen-bond donors (Lipinski definition) is 1. The third-order valence-electron chi connectivity index (χ3n) is 3.17. The van der Waals surface area contributed by atoms with Crippen molar-refractivity contribution in [3.63, 3.8) is 0 Å². The van der Waals surface area contributed by atoms with Gasteiger partial charge in [-0.2, -0.15) is 0 Å². The summed E-state index contributed by atoms with van der Waals surface area (Å²) < 4.78 is 0. The molecule has 3 rings (SSSR count). The molecule has 0 amide bonds. The minimum Gasteiger partial charge on any atom is -0.398 e. The second-order valence-electron chi connectivity index (χ2n) is 4.50. The number of thioether (sulfide) groups is 1. The Labute approximate surface area is 117 Å². The van der Waals surface area contributed by atoms with Crippen LogP contribution in [0.1, 0.15) is 5.56 Å². The minimum absolute atomic E-state index is 0.871. The molecule has 0 aromatic heterocycles. The van der Waals surface area contributed by atoms with E-state index in [4.69, 9.17) is 5.73 Å². The molecule has 0 aliphatic heterocycles. The van der Waals surface area contributed by atoms with Crippen molar-refractivity contribution < 1.29 is 0 Å². The number of anilines is 1. The van der Waals surface area contributed by atoms with Crippen molar-refractivity contribution in [3.8, 4) is 0 Å². The van der Waals surface area contributed by atoms with E-state index in [0.29, 0.717) is 0 Å². The Bertz CT molecular complexity index is 706. The van der Waals surface area contributed by atoms with Crippen LogP contribution in [0.4, 0.5) is 5.69 Å². The average Bonchev–Trinajstić information content (AvgIpc) is 2.46. The lowest BCUT2D eigenvalue weighted by atomic mass is 10.1. The first kappa shape index (κ1) is 12.1. The molecule has 0 radical (unpaired) electrons. The second-order valence-corrected chi connectivity index (χ2v) is 5.55. The summed E-state index contributed by atoms with van der Waals surface area (Å²) in [6.07, 6.45) is 0. The third kappa shape index (κ3) is 2.74. The van der Waals surface area contributed by atoms with Crippen LogP contribution in [-0.2, 0) is 5.75 Å². The number of nitrogen functional groups attached to an aromatic ring is 1. The average molecular weight is 265 g/mol. The Morgan fingerprint density at radius 1 is 0.789 bits per heavy atom. The van der Waals surface area contributed by atoms with Crippen LogP contribution in [0.5, 0.6) is 0 Å². The van der Waals surface area contributed by atoms with E-state index in [-0.39, 0.29) is 0 Å². The summed E-state index contributed by atoms with van der Waals surface area (Å²) >= 11 is 1.82. The van der Waals surface area contributed by atoms with Gasteiger partial charge in [0.1, 0.15) is 0 Å². The first-order chi connectivity index (χ1) is 9.33. The van der Waals surface area contributed by atoms with Gasteiger partial charge in [-0.05, 0) is 34.5 Å². The summed E-state index contributed by atoms with van der Waals surface area (Å²) in [5, 5.41) is 2.57. The summed E-state index contributed by atoms with van der Waals surface area (Å²) in [7, 11) is 0. The quantitative estimate of drug-likeness (QED) is 0.548. The van der Waals surface area contributed by atoms with Gasteiger partial charge < -0.3 is 5.73 Å². The van der Waals surface area contributed by atoms with Crippen molar-refractivity contribution in [1.29, 1.82) is 0 Å². The van der Waals surface area contributed by atoms with Crippen molar-refractivity contribution in [1.82, 2.24) is 0 Å². The molecule has 3 aromatic carbocycles. The lowest BCUT2D eigenvalue weighted by molar-refractivity contribution is 1.39. The largest absolute Gasteiger partial charge is 0.398 e. The van der Waals surface area contributed by atoms with Crippen molar-refractivity contribution in [2.24, 2.45) is 0 Å². The molecule has 0 heterocycles. The van der Waals surface area contributed by atoms with Gasteiger partial charge in [-0.1, -0.05) is 48.5 Å². The summed E-state index contributed by atoms with van der Waals surface area (Å²) in [5.74, 6) is 0.908. The van der Waals surface area contributed by atoms with Gasteiger partial charge in [0.15, 0.2) is 0 Å². The lowest BCUT2D eigenvalue weighted by Gasteiger charge is -2.06. The van der Waals surface area contributed by atoms with Gasteiger partial charge in [0.05, 0.1) is 0 Å². The molecule has 0 aliphatic rings. The maximum Gasteiger partial charge on any atom is 0.0355 e. The van der Waals surface area contributed by atoms with E-state index in [1.165, 1.54) is 21.2 Å². The predicted molar refractivity (Wildman–Crippen MR) is 84.4 cm³/mol. The Morgan fingerprint density at radius 3 is 2.37 bits per heavy atom. The molecule has 1 nitrogen and oxygen atoms in total. The van der Waals surface area contributed by atoms with Crippen LogP contribution in [0.3, 0.4) is 0 Å². The molecule has 19 heavy (non-hydrogen) atoms. The van der Waals surface area contributed by atoms with Gasteiger partial charge in [0.25, 0.3) is 0 Å². The maximum absolute atomic E-state index is 5.96. The highest BCUT2D eigenvalue weighted by Crippen LogP contribution is 2.28. The van der Waals surface area contributed by atoms with Gasteiger partial charge in [-0.25, -0.2) is 0 Å². The molecular formula is C17H15NS. The van der Waals surface area contributed by atoms with Gasteiger partial charge in [0.2, 0.25) is 0 Å². The molecule has 0 bridgehead atoms. The van der Waals surface area contributed by atoms with E-state index in [1.54, 1.807) is 0 Å². The molecule has 3 aromatic rings. The molecule has 0 fully saturated rings. The number of fused-ring (bicyclic) bond motifs is 1. The van der Waals surface area contributed by atoms with E-state index < -0.39 is 0 Å². The first-order valence-corrected chi connectivity index (χ1v) is 7.26. The van der Waals surface area contributed by atoms with Gasteiger partial charge in [-0.3, -0.25) is 0 Å². The van der Waals surface area contributed by atoms with E-state index in [1.807, 2.05) is 30.0 Å². The number of rotatable bonds is 3. The fourth-order valence-corrected chi connectivity index (χ4v) is 3.04. The Balaban J connectivity index is 1.80. The number of benzene rings is 3. The normalized spacial score (nSPS) is 10.7. The molecule has 0 saturated heterocycles. The Hall–Kier alpha value is -1.93. The minimum atomic E-state index is 0.871. The Morgan fingerprint density at radius 2 is 1.53 bits per heavy atom. The molecule has 2 heteroatoms. The highest BCUT2D eigenvalue weighted by atomic mass is 32.2. The van der Waals surface area contributed by atoms with Crippen molar-refractivity contribution in [2.45, 2.75) is 10.6 Å². The smallest absolute Gasteiger partial charge is 0.0355 e. The first-order valence-electron chi connectivity index (χ1n) is 6.28. The topological polar surface area (TPSA) is 26.0 Å². The molecule has 0 atom stereocenters. The standard InChI is InChI=1S/C17H15NS/c18-17-8-4-3-7-15(17)12-19-16-10-9-13-5-1-2-6-14(13)11-16/h1-11H,12,18H2. The molecular weight excluding hydrogens is 250 g/mol. The van der Waals surface area contributed by atoms with Gasteiger partial charge in [0, 0.05) is 16.3 Å². The second kappa shape index (κ2) is 5.37. The van der Waals surface area contributed by atoms with Crippen LogP contribution >= 0.6 is 11.8 Å². The molecule has 0 unspecified atom stereocenters. The molecule has 94 valence electrons. The van der Waals surface area contributed by atoms with E-state index in [9.17, 15) is 0 Å². The monoisotopic (exact) mass is 265 g/mol. The summed E-state index contributed by atoms with van der Waals surface area (Å²) in [5.41, 5.74) is 8.03. The van der Waals surface area contributed by atoms with Crippen molar-refractivity contribution in [2.75, 3.05) is 5.73 Å². The molecule has 0 spiro atoms. The van der Waals surface area contributed by atoms with Gasteiger partial charge in [-0.15, -0.1) is 11.8 Å². The van der Waals surface area contributed by atoms with Crippen LogP contribution in [-0.4, -0.2) is 0 Å².